The predicted octanol–water partition coefficient (Wildman–Crippen LogP) is 0.967. The minimum Gasteiger partial charge on any atom is -0.378 e. The van der Waals surface area contributed by atoms with E-state index in [-0.39, 0.29) is 0 Å². The zero-order valence-corrected chi connectivity index (χ0v) is 7.87. The highest BCUT2D eigenvalue weighted by molar-refractivity contribution is 6.31. The maximum atomic E-state index is 5.90. The van der Waals surface area contributed by atoms with E-state index in [2.05, 4.69) is 14.9 Å². The Morgan fingerprint density at radius 1 is 1.23 bits per heavy atom. The first-order valence-electron chi connectivity index (χ1n) is 4.17. The van der Waals surface area contributed by atoms with Gasteiger partial charge in [-0.15, -0.1) is 0 Å². The molecule has 1 aromatic heterocycles. The molecule has 0 atom stereocenters. The van der Waals surface area contributed by atoms with E-state index in [0.29, 0.717) is 5.15 Å². The van der Waals surface area contributed by atoms with Crippen LogP contribution in [0.3, 0.4) is 0 Å². The molecule has 0 N–H and O–H groups in total. The highest BCUT2D eigenvalue weighted by atomic mass is 35.5. The number of rotatable bonds is 1. The van der Waals surface area contributed by atoms with Gasteiger partial charge in [-0.25, -0.2) is 9.97 Å². The van der Waals surface area contributed by atoms with Crippen LogP contribution in [0, 0.1) is 0 Å². The summed E-state index contributed by atoms with van der Waals surface area (Å²) < 4.78 is 5.23. The van der Waals surface area contributed by atoms with E-state index in [0.717, 1.165) is 32.1 Å². The SMILES string of the molecule is Clc1nccnc1N1CCOCC1. The monoisotopic (exact) mass is 199 g/mol. The van der Waals surface area contributed by atoms with Gasteiger partial charge in [0.05, 0.1) is 13.2 Å². The van der Waals surface area contributed by atoms with E-state index >= 15 is 0 Å². The lowest BCUT2D eigenvalue weighted by Gasteiger charge is -2.27. The number of ether oxygens (including phenoxy) is 1. The Bertz CT molecular complexity index is 288. The summed E-state index contributed by atoms with van der Waals surface area (Å²) in [6, 6.07) is 0. The molecular formula is C8H10ClN3O. The van der Waals surface area contributed by atoms with Crippen LogP contribution in [0.4, 0.5) is 5.82 Å². The molecule has 0 unspecified atom stereocenters. The van der Waals surface area contributed by atoms with Crippen LogP contribution >= 0.6 is 11.6 Å². The number of aromatic nitrogens is 2. The van der Waals surface area contributed by atoms with Gasteiger partial charge in [0, 0.05) is 25.5 Å². The Morgan fingerprint density at radius 3 is 2.62 bits per heavy atom. The van der Waals surface area contributed by atoms with Gasteiger partial charge in [0.1, 0.15) is 0 Å². The molecular weight excluding hydrogens is 190 g/mol. The van der Waals surface area contributed by atoms with Gasteiger partial charge in [0.25, 0.3) is 0 Å². The van der Waals surface area contributed by atoms with Crippen LogP contribution in [-0.2, 0) is 4.74 Å². The van der Waals surface area contributed by atoms with Gasteiger partial charge >= 0.3 is 0 Å². The number of halogens is 1. The third-order valence-electron chi connectivity index (χ3n) is 1.95. The summed E-state index contributed by atoms with van der Waals surface area (Å²) in [5.74, 6) is 0.757. The van der Waals surface area contributed by atoms with Crippen molar-refractivity contribution in [3.05, 3.63) is 17.5 Å². The van der Waals surface area contributed by atoms with Crippen molar-refractivity contribution in [3.63, 3.8) is 0 Å². The molecule has 0 aliphatic carbocycles. The summed E-state index contributed by atoms with van der Waals surface area (Å²) in [4.78, 5) is 10.2. The first-order chi connectivity index (χ1) is 6.38. The fourth-order valence-electron chi connectivity index (χ4n) is 1.30. The maximum absolute atomic E-state index is 5.90. The van der Waals surface area contributed by atoms with E-state index < -0.39 is 0 Å². The molecule has 1 aliphatic rings. The van der Waals surface area contributed by atoms with Gasteiger partial charge in [0.2, 0.25) is 0 Å². The van der Waals surface area contributed by atoms with Crippen LogP contribution in [0.5, 0.6) is 0 Å². The van der Waals surface area contributed by atoms with Crippen molar-refractivity contribution in [2.75, 3.05) is 31.2 Å². The summed E-state index contributed by atoms with van der Waals surface area (Å²) in [6.07, 6.45) is 3.24. The smallest absolute Gasteiger partial charge is 0.171 e. The van der Waals surface area contributed by atoms with Crippen molar-refractivity contribution in [3.8, 4) is 0 Å². The zero-order valence-electron chi connectivity index (χ0n) is 7.11. The Morgan fingerprint density at radius 2 is 1.92 bits per heavy atom. The fourth-order valence-corrected chi connectivity index (χ4v) is 1.53. The minimum absolute atomic E-state index is 0.462. The van der Waals surface area contributed by atoms with Crippen molar-refractivity contribution in [1.82, 2.24) is 9.97 Å². The Kier molecular flexibility index (Phi) is 2.61. The van der Waals surface area contributed by atoms with Gasteiger partial charge in [-0.05, 0) is 0 Å². The molecule has 1 aliphatic heterocycles. The molecule has 1 fully saturated rings. The van der Waals surface area contributed by atoms with Gasteiger partial charge in [0.15, 0.2) is 11.0 Å². The lowest BCUT2D eigenvalue weighted by Crippen LogP contribution is -2.37. The number of hydrogen-bond acceptors (Lipinski definition) is 4. The van der Waals surface area contributed by atoms with E-state index in [4.69, 9.17) is 16.3 Å². The van der Waals surface area contributed by atoms with Crippen LogP contribution in [0.2, 0.25) is 5.15 Å². The summed E-state index contributed by atoms with van der Waals surface area (Å²) in [5, 5.41) is 0.462. The quantitative estimate of drug-likeness (QED) is 0.676. The average Bonchev–Trinajstić information content (AvgIpc) is 2.20. The Balaban J connectivity index is 2.18. The maximum Gasteiger partial charge on any atom is 0.171 e. The van der Waals surface area contributed by atoms with E-state index in [1.807, 2.05) is 0 Å². The number of morpholine rings is 1. The number of anilines is 1. The Hall–Kier alpha value is -0.870. The molecule has 0 saturated carbocycles. The largest absolute Gasteiger partial charge is 0.378 e. The molecule has 5 heteroatoms. The lowest BCUT2D eigenvalue weighted by molar-refractivity contribution is 0.122. The number of nitrogens with zero attached hydrogens (tertiary/aromatic N) is 3. The molecule has 70 valence electrons. The van der Waals surface area contributed by atoms with E-state index in [1.165, 1.54) is 0 Å². The number of hydrogen-bond donors (Lipinski definition) is 0. The Labute approximate surface area is 81.5 Å². The second kappa shape index (κ2) is 3.89. The predicted molar refractivity (Wildman–Crippen MR) is 50.1 cm³/mol. The van der Waals surface area contributed by atoms with Crippen LogP contribution in [0.25, 0.3) is 0 Å². The fraction of sp³-hybridized carbons (Fsp3) is 0.500. The summed E-state index contributed by atoms with van der Waals surface area (Å²) in [6.45, 7) is 3.12. The van der Waals surface area contributed by atoms with Crippen LogP contribution in [-0.4, -0.2) is 36.3 Å². The molecule has 0 aromatic carbocycles. The zero-order chi connectivity index (χ0) is 9.10. The van der Waals surface area contributed by atoms with Gasteiger partial charge in [-0.2, -0.15) is 0 Å². The summed E-state index contributed by atoms with van der Waals surface area (Å²) in [7, 11) is 0. The minimum atomic E-state index is 0.462. The van der Waals surface area contributed by atoms with E-state index in [1.54, 1.807) is 12.4 Å². The molecule has 4 nitrogen and oxygen atoms in total. The van der Waals surface area contributed by atoms with Crippen molar-refractivity contribution < 1.29 is 4.74 Å². The van der Waals surface area contributed by atoms with Crippen molar-refractivity contribution in [2.24, 2.45) is 0 Å². The molecule has 2 rings (SSSR count). The molecule has 2 heterocycles. The highest BCUT2D eigenvalue weighted by Crippen LogP contribution is 2.20. The lowest BCUT2D eigenvalue weighted by atomic mass is 10.4. The second-order valence-corrected chi connectivity index (χ2v) is 3.13. The topological polar surface area (TPSA) is 38.2 Å². The molecule has 0 spiro atoms. The molecule has 1 saturated heterocycles. The summed E-state index contributed by atoms with van der Waals surface area (Å²) in [5.41, 5.74) is 0. The third-order valence-corrected chi connectivity index (χ3v) is 2.21. The first kappa shape index (κ1) is 8.72. The molecule has 13 heavy (non-hydrogen) atoms. The van der Waals surface area contributed by atoms with Crippen molar-refractivity contribution in [2.45, 2.75) is 0 Å². The van der Waals surface area contributed by atoms with Gasteiger partial charge in [-0.3, -0.25) is 0 Å². The van der Waals surface area contributed by atoms with Crippen molar-refractivity contribution >= 4 is 17.4 Å². The third kappa shape index (κ3) is 1.89. The summed E-state index contributed by atoms with van der Waals surface area (Å²) >= 11 is 5.90. The second-order valence-electron chi connectivity index (χ2n) is 2.77. The standard InChI is InChI=1S/C8H10ClN3O/c9-7-8(11-2-1-10-7)12-3-5-13-6-4-12/h1-2H,3-6H2. The van der Waals surface area contributed by atoms with Crippen LogP contribution in [0.15, 0.2) is 12.4 Å². The van der Waals surface area contributed by atoms with Gasteiger partial charge in [-0.1, -0.05) is 11.6 Å². The van der Waals surface area contributed by atoms with Gasteiger partial charge < -0.3 is 9.64 Å². The highest BCUT2D eigenvalue weighted by Gasteiger charge is 2.15. The normalized spacial score (nSPS) is 17.5. The van der Waals surface area contributed by atoms with Crippen LogP contribution in [0.1, 0.15) is 0 Å². The van der Waals surface area contributed by atoms with Crippen molar-refractivity contribution in [1.29, 1.82) is 0 Å². The van der Waals surface area contributed by atoms with Crippen LogP contribution < -0.4 is 4.90 Å². The average molecular weight is 200 g/mol. The van der Waals surface area contributed by atoms with E-state index in [9.17, 15) is 0 Å². The molecule has 0 amide bonds. The first-order valence-corrected chi connectivity index (χ1v) is 4.55. The molecule has 0 bridgehead atoms. The molecule has 1 aromatic rings. The molecule has 0 radical (unpaired) electrons.